The van der Waals surface area contributed by atoms with Gasteiger partial charge in [-0.05, 0) is 0 Å². The average molecular weight is 263 g/mol. The van der Waals surface area contributed by atoms with Crippen LogP contribution in [0.5, 0.6) is 0 Å². The molecule has 2 aliphatic heterocycles. The minimum Gasteiger partial charge on any atom is -0.833 e. The molecule has 2 rings (SSSR count). The van der Waals surface area contributed by atoms with Crippen molar-refractivity contribution in [1.82, 2.24) is 0 Å². The summed E-state index contributed by atoms with van der Waals surface area (Å²) in [4.78, 5) is 0. The summed E-state index contributed by atoms with van der Waals surface area (Å²) in [7, 11) is -6.00. The van der Waals surface area contributed by atoms with Gasteiger partial charge in [-0.3, -0.25) is 0 Å². The molecule has 15 heteroatoms. The van der Waals surface area contributed by atoms with Gasteiger partial charge < -0.3 is 43.1 Å². The van der Waals surface area contributed by atoms with Crippen LogP contribution in [0.2, 0.25) is 0 Å². The summed E-state index contributed by atoms with van der Waals surface area (Å²) in [5.74, 6) is 0. The Kier molecular flexibility index (Phi) is 14.6. The molecular formula is C2H6B4Na2O9. The Labute approximate surface area is 143 Å². The molecule has 0 aliphatic carbocycles. The average Bonchev–Trinajstić information content (AvgIpc) is 2.15. The quantitative estimate of drug-likeness (QED) is 0.442. The van der Waals surface area contributed by atoms with Crippen LogP contribution in [0.3, 0.4) is 0 Å². The van der Waals surface area contributed by atoms with E-state index in [0.29, 0.717) is 0 Å². The molecule has 0 aromatic heterocycles. The molecule has 0 unspecified atom stereocenters. The molecule has 2 saturated heterocycles. The Morgan fingerprint density at radius 1 is 0.706 bits per heavy atom. The Hall–Kier alpha value is 1.90. The van der Waals surface area contributed by atoms with Gasteiger partial charge in [0.15, 0.2) is 0 Å². The van der Waals surface area contributed by atoms with Crippen molar-refractivity contribution in [2.75, 3.05) is 13.2 Å². The zero-order chi connectivity index (χ0) is 11.3. The summed E-state index contributed by atoms with van der Waals surface area (Å²) >= 11 is 0. The number of fused-ring (bicyclic) bond motifs is 2. The van der Waals surface area contributed by atoms with Gasteiger partial charge in [-0.25, -0.2) is 0 Å². The molecule has 0 aromatic rings. The third-order valence-corrected chi connectivity index (χ3v) is 1.21. The summed E-state index contributed by atoms with van der Waals surface area (Å²) in [6.07, 6.45) is 0. The first kappa shape index (κ1) is 21.2. The maximum Gasteiger partial charge on any atom is 1.00 e. The first-order chi connectivity index (χ1) is 7.15. The third-order valence-electron chi connectivity index (χ3n) is 1.21. The van der Waals surface area contributed by atoms with E-state index in [1.165, 1.54) is 0 Å². The van der Waals surface area contributed by atoms with E-state index < -0.39 is 29.3 Å². The number of aliphatic hydroxyl groups is 2. The van der Waals surface area contributed by atoms with Crippen molar-refractivity contribution in [2.45, 2.75) is 0 Å². The van der Waals surface area contributed by atoms with Crippen LogP contribution in [-0.4, -0.2) is 52.7 Å². The fraction of sp³-hybridized carbons (Fsp3) is 1.00. The van der Waals surface area contributed by atoms with Gasteiger partial charge in [0.25, 0.3) is 0 Å². The van der Waals surface area contributed by atoms with Gasteiger partial charge in [-0.15, -0.1) is 0 Å². The van der Waals surface area contributed by atoms with Crippen LogP contribution in [0.15, 0.2) is 0 Å². The first-order valence-electron chi connectivity index (χ1n) is 3.96. The van der Waals surface area contributed by atoms with Gasteiger partial charge in [0.1, 0.15) is 0 Å². The molecule has 0 atom stereocenters. The summed E-state index contributed by atoms with van der Waals surface area (Å²) in [6, 6.07) is 0. The van der Waals surface area contributed by atoms with Gasteiger partial charge in [-0.2, -0.15) is 0 Å². The zero-order valence-corrected chi connectivity index (χ0v) is 13.5. The van der Waals surface area contributed by atoms with E-state index >= 15 is 0 Å². The van der Waals surface area contributed by atoms with Crippen LogP contribution in [0.4, 0.5) is 0 Å². The van der Waals surface area contributed by atoms with E-state index in [9.17, 15) is 10.0 Å². The van der Waals surface area contributed by atoms with Crippen LogP contribution in [0.25, 0.3) is 0 Å². The topological polar surface area (TPSA) is 133 Å². The van der Waals surface area contributed by atoms with Crippen molar-refractivity contribution >= 4 is 29.3 Å². The molecule has 2 bridgehead atoms. The maximum absolute atomic E-state index is 10.5. The van der Waals surface area contributed by atoms with Crippen LogP contribution >= 0.6 is 0 Å². The van der Waals surface area contributed by atoms with Crippen molar-refractivity contribution in [3.05, 3.63) is 0 Å². The number of aliphatic hydroxyl groups excluding tert-OH is 2. The molecule has 2 aliphatic rings. The van der Waals surface area contributed by atoms with Gasteiger partial charge in [0.05, 0.1) is 13.2 Å². The fourth-order valence-electron chi connectivity index (χ4n) is 0.710. The maximum atomic E-state index is 10.5. The summed E-state index contributed by atoms with van der Waals surface area (Å²) in [6.45, 7) is -0.250. The predicted molar refractivity (Wildman–Crippen MR) is 42.6 cm³/mol. The van der Waals surface area contributed by atoms with Crippen molar-refractivity contribution in [1.29, 1.82) is 0 Å². The van der Waals surface area contributed by atoms with E-state index in [1.54, 1.807) is 0 Å². The second kappa shape index (κ2) is 11.7. The molecule has 9 nitrogen and oxygen atoms in total. The van der Waals surface area contributed by atoms with Gasteiger partial charge in [-0.1, -0.05) is 0 Å². The first-order valence-corrected chi connectivity index (χ1v) is 3.96. The Morgan fingerprint density at radius 2 is 1.00 bits per heavy atom. The van der Waals surface area contributed by atoms with Crippen molar-refractivity contribution in [2.24, 2.45) is 0 Å². The third kappa shape index (κ3) is 8.63. The molecule has 2 fully saturated rings. The predicted octanol–water partition coefficient (Wildman–Crippen LogP) is -11.3. The van der Waals surface area contributed by atoms with Crippen LogP contribution in [0.1, 0.15) is 0 Å². The normalized spacial score (nSPS) is 17.6. The van der Waals surface area contributed by atoms with E-state index in [0.717, 1.165) is 0 Å². The summed E-state index contributed by atoms with van der Waals surface area (Å²) < 4.78 is 21.9. The molecule has 17 heavy (non-hydrogen) atoms. The minimum absolute atomic E-state index is 0. The Balaban J connectivity index is 0. The number of hydrogen-bond acceptors (Lipinski definition) is 9. The van der Waals surface area contributed by atoms with E-state index in [2.05, 4.69) is 22.9 Å². The summed E-state index contributed by atoms with van der Waals surface area (Å²) in [5.41, 5.74) is 0. The SMILES string of the molecule is OCCO.[Na+].[Na+].[O-]B1OB2OB([O-])OB(O1)O2. The zero-order valence-electron chi connectivity index (χ0n) is 9.48. The monoisotopic (exact) mass is 264 g/mol. The smallest absolute Gasteiger partial charge is 0.833 e. The van der Waals surface area contributed by atoms with Crippen molar-refractivity contribution < 1.29 is 102 Å². The molecule has 0 saturated carbocycles. The van der Waals surface area contributed by atoms with Crippen LogP contribution < -0.4 is 69.2 Å². The van der Waals surface area contributed by atoms with E-state index in [-0.39, 0.29) is 72.3 Å². The number of rotatable bonds is 1. The second-order valence-corrected chi connectivity index (χ2v) is 2.28. The molecule has 82 valence electrons. The second-order valence-electron chi connectivity index (χ2n) is 2.28. The van der Waals surface area contributed by atoms with Gasteiger partial charge in [0.2, 0.25) is 0 Å². The fourth-order valence-corrected chi connectivity index (χ4v) is 0.710. The molecule has 0 amide bonds. The largest absolute Gasteiger partial charge is 1.00 e. The van der Waals surface area contributed by atoms with Crippen molar-refractivity contribution in [3.63, 3.8) is 0 Å². The number of hydrogen-bond donors (Lipinski definition) is 2. The van der Waals surface area contributed by atoms with E-state index in [4.69, 9.17) is 10.2 Å². The Morgan fingerprint density at radius 3 is 1.24 bits per heavy atom. The minimum atomic E-state index is -1.73. The van der Waals surface area contributed by atoms with E-state index in [1.807, 2.05) is 0 Å². The molecule has 0 radical (unpaired) electrons. The Bertz CT molecular complexity index is 155. The van der Waals surface area contributed by atoms with Gasteiger partial charge >= 0.3 is 88.4 Å². The molecular weight excluding hydrogens is 257 g/mol. The molecule has 2 N–H and O–H groups in total. The van der Waals surface area contributed by atoms with Crippen LogP contribution in [0, 0.1) is 0 Å². The molecule has 2 heterocycles. The molecule has 0 aromatic carbocycles. The van der Waals surface area contributed by atoms with Gasteiger partial charge in [0, 0.05) is 0 Å². The van der Waals surface area contributed by atoms with Crippen LogP contribution in [-0.2, 0) is 22.9 Å². The standard InChI is InChI=1S/C2H6O2.B4O7.2Na/c3-1-2-4;5-1-7-3-9-2(6)10-4(8-1)11-3;;/h3-4H,1-2H2;;;/q;-2;2*+1. The summed E-state index contributed by atoms with van der Waals surface area (Å²) in [5, 5.41) is 36.2. The molecule has 0 spiro atoms. The van der Waals surface area contributed by atoms with Crippen molar-refractivity contribution in [3.8, 4) is 0 Å².